The molecule has 2 aromatic rings. The molecule has 0 saturated heterocycles. The monoisotopic (exact) mass is 344 g/mol. The van der Waals surface area contributed by atoms with E-state index in [1.165, 1.54) is 12.1 Å². The van der Waals surface area contributed by atoms with Gasteiger partial charge < -0.3 is 0 Å². The molecule has 0 amide bonds. The van der Waals surface area contributed by atoms with Crippen molar-refractivity contribution in [2.75, 3.05) is 4.72 Å². The molecule has 22 heavy (non-hydrogen) atoms. The number of aryl methyl sites for hydroxylation is 1. The van der Waals surface area contributed by atoms with E-state index in [1.54, 1.807) is 6.92 Å². The Bertz CT molecular complexity index is 908. The molecule has 6 nitrogen and oxygen atoms in total. The highest BCUT2D eigenvalue weighted by Crippen LogP contribution is 2.21. The van der Waals surface area contributed by atoms with Gasteiger partial charge in [0.2, 0.25) is 10.0 Å². The molecule has 0 heterocycles. The van der Waals surface area contributed by atoms with Crippen molar-refractivity contribution in [1.82, 2.24) is 0 Å². The fraction of sp³-hybridized carbons (Fsp3) is 0.0769. The maximum Gasteiger partial charge on any atom is 0.261 e. The van der Waals surface area contributed by atoms with Gasteiger partial charge in [-0.15, -0.1) is 0 Å². The molecule has 0 aliphatic rings. The van der Waals surface area contributed by atoms with E-state index in [4.69, 9.17) is 5.14 Å². The standard InChI is InChI=1S/C13H13FN2O4S2/c1-9-2-7-12(14)13(8-9)16-22(19,20)11-5-3-10(4-6-11)21(15,17)18/h2-8,16H,1H3,(H2,15,17,18). The molecule has 0 fully saturated rings. The summed E-state index contributed by atoms with van der Waals surface area (Å²) in [7, 11) is -7.95. The lowest BCUT2D eigenvalue weighted by Crippen LogP contribution is -2.15. The van der Waals surface area contributed by atoms with E-state index in [9.17, 15) is 21.2 Å². The molecular weight excluding hydrogens is 331 g/mol. The van der Waals surface area contributed by atoms with Gasteiger partial charge in [0.25, 0.3) is 10.0 Å². The van der Waals surface area contributed by atoms with Crippen LogP contribution in [0.4, 0.5) is 10.1 Å². The lowest BCUT2D eigenvalue weighted by molar-refractivity contribution is 0.594. The number of halogens is 1. The van der Waals surface area contributed by atoms with E-state index >= 15 is 0 Å². The lowest BCUT2D eigenvalue weighted by Gasteiger charge is -2.10. The molecule has 0 aliphatic carbocycles. The van der Waals surface area contributed by atoms with Gasteiger partial charge in [0, 0.05) is 0 Å². The zero-order valence-corrected chi connectivity index (χ0v) is 13.1. The van der Waals surface area contributed by atoms with Crippen molar-refractivity contribution in [1.29, 1.82) is 0 Å². The maximum atomic E-state index is 13.6. The van der Waals surface area contributed by atoms with Crippen LogP contribution >= 0.6 is 0 Å². The molecule has 0 unspecified atom stereocenters. The van der Waals surface area contributed by atoms with Gasteiger partial charge in [0.1, 0.15) is 5.82 Å². The molecule has 2 rings (SSSR count). The second-order valence-corrected chi connectivity index (χ2v) is 7.85. The number of nitrogens with one attached hydrogen (secondary N) is 1. The molecule has 0 radical (unpaired) electrons. The van der Waals surface area contributed by atoms with Gasteiger partial charge in [-0.1, -0.05) is 6.07 Å². The number of primary sulfonamides is 1. The Balaban J connectivity index is 2.37. The molecule has 0 aliphatic heterocycles. The Morgan fingerprint density at radius 2 is 1.50 bits per heavy atom. The zero-order valence-electron chi connectivity index (χ0n) is 11.4. The van der Waals surface area contributed by atoms with Crippen molar-refractivity contribution < 1.29 is 21.2 Å². The van der Waals surface area contributed by atoms with Crippen molar-refractivity contribution >= 4 is 25.7 Å². The fourth-order valence-corrected chi connectivity index (χ4v) is 3.30. The summed E-state index contributed by atoms with van der Waals surface area (Å²) in [5.74, 6) is -0.713. The van der Waals surface area contributed by atoms with Crippen LogP contribution in [0.25, 0.3) is 0 Å². The third-order valence-electron chi connectivity index (χ3n) is 2.83. The maximum absolute atomic E-state index is 13.6. The second-order valence-electron chi connectivity index (χ2n) is 4.61. The summed E-state index contributed by atoms with van der Waals surface area (Å²) in [5.41, 5.74) is 0.499. The van der Waals surface area contributed by atoms with Gasteiger partial charge in [-0.3, -0.25) is 4.72 Å². The van der Waals surface area contributed by atoms with Gasteiger partial charge in [-0.25, -0.2) is 26.4 Å². The minimum absolute atomic E-state index is 0.185. The van der Waals surface area contributed by atoms with Crippen LogP contribution in [0.5, 0.6) is 0 Å². The fourth-order valence-electron chi connectivity index (χ4n) is 1.73. The summed E-state index contributed by atoms with van der Waals surface area (Å²) in [6.07, 6.45) is 0. The summed E-state index contributed by atoms with van der Waals surface area (Å²) in [6.45, 7) is 1.69. The van der Waals surface area contributed by atoms with Gasteiger partial charge in [0.05, 0.1) is 15.5 Å². The molecule has 9 heteroatoms. The average Bonchev–Trinajstić information content (AvgIpc) is 2.42. The van der Waals surface area contributed by atoms with Crippen molar-refractivity contribution in [2.24, 2.45) is 5.14 Å². The van der Waals surface area contributed by atoms with E-state index in [-0.39, 0.29) is 15.5 Å². The number of rotatable bonds is 4. The van der Waals surface area contributed by atoms with Crippen LogP contribution < -0.4 is 9.86 Å². The van der Waals surface area contributed by atoms with Crippen LogP contribution in [0.15, 0.2) is 52.3 Å². The quantitative estimate of drug-likeness (QED) is 0.878. The summed E-state index contributed by atoms with van der Waals surface area (Å²) in [5, 5.41) is 4.93. The molecular formula is C13H13FN2O4S2. The van der Waals surface area contributed by atoms with E-state index in [0.29, 0.717) is 5.56 Å². The van der Waals surface area contributed by atoms with E-state index < -0.39 is 25.9 Å². The molecule has 0 aromatic heterocycles. The summed E-state index contributed by atoms with van der Waals surface area (Å²) in [4.78, 5) is -0.422. The van der Waals surface area contributed by atoms with Crippen LogP contribution in [0.3, 0.4) is 0 Å². The van der Waals surface area contributed by atoms with Crippen molar-refractivity contribution in [2.45, 2.75) is 16.7 Å². The smallest absolute Gasteiger partial charge is 0.261 e. The summed E-state index contributed by atoms with van der Waals surface area (Å²) >= 11 is 0. The van der Waals surface area contributed by atoms with Crippen molar-refractivity contribution in [3.05, 3.63) is 53.8 Å². The van der Waals surface area contributed by atoms with E-state index in [0.717, 1.165) is 30.3 Å². The summed E-state index contributed by atoms with van der Waals surface area (Å²) < 4.78 is 62.3. The minimum atomic E-state index is -4.04. The highest BCUT2D eigenvalue weighted by atomic mass is 32.2. The molecule has 0 spiro atoms. The average molecular weight is 344 g/mol. The Labute approximate surface area is 127 Å². The van der Waals surface area contributed by atoms with Crippen LogP contribution in [0.1, 0.15) is 5.56 Å². The highest BCUT2D eigenvalue weighted by molar-refractivity contribution is 7.92. The Morgan fingerprint density at radius 1 is 0.955 bits per heavy atom. The van der Waals surface area contributed by atoms with E-state index in [2.05, 4.69) is 4.72 Å². The number of anilines is 1. The zero-order chi connectivity index (χ0) is 16.5. The predicted octanol–water partition coefficient (Wildman–Crippen LogP) is 1.58. The first-order valence-corrected chi connectivity index (χ1v) is 9.04. The Hall–Kier alpha value is -1.97. The summed E-state index contributed by atoms with van der Waals surface area (Å²) in [6, 6.07) is 8.30. The first-order valence-electron chi connectivity index (χ1n) is 6.01. The molecule has 3 N–H and O–H groups in total. The van der Waals surface area contributed by atoms with E-state index in [1.807, 2.05) is 0 Å². The number of sulfonamides is 2. The third-order valence-corrected chi connectivity index (χ3v) is 5.14. The Morgan fingerprint density at radius 3 is 2.05 bits per heavy atom. The third kappa shape index (κ3) is 3.62. The van der Waals surface area contributed by atoms with Crippen LogP contribution in [-0.4, -0.2) is 16.8 Å². The number of hydrogen-bond acceptors (Lipinski definition) is 4. The first kappa shape index (κ1) is 16.4. The Kier molecular flexibility index (Phi) is 4.23. The number of hydrogen-bond donors (Lipinski definition) is 2. The topological polar surface area (TPSA) is 106 Å². The van der Waals surface area contributed by atoms with Gasteiger partial charge in [-0.05, 0) is 48.9 Å². The molecule has 0 saturated carbocycles. The normalized spacial score (nSPS) is 12.1. The van der Waals surface area contributed by atoms with Gasteiger partial charge in [0.15, 0.2) is 0 Å². The predicted molar refractivity (Wildman–Crippen MR) is 79.8 cm³/mol. The van der Waals surface area contributed by atoms with Crippen LogP contribution in [0.2, 0.25) is 0 Å². The van der Waals surface area contributed by atoms with Crippen LogP contribution in [0, 0.1) is 12.7 Å². The SMILES string of the molecule is Cc1ccc(F)c(NS(=O)(=O)c2ccc(S(N)(=O)=O)cc2)c1. The van der Waals surface area contributed by atoms with Gasteiger partial charge in [-0.2, -0.15) is 0 Å². The number of benzene rings is 2. The second kappa shape index (κ2) is 5.67. The largest absolute Gasteiger partial charge is 0.277 e. The molecule has 0 bridgehead atoms. The molecule has 118 valence electrons. The van der Waals surface area contributed by atoms with Crippen molar-refractivity contribution in [3.8, 4) is 0 Å². The minimum Gasteiger partial charge on any atom is -0.277 e. The first-order chi connectivity index (χ1) is 10.1. The molecule has 0 atom stereocenters. The highest BCUT2D eigenvalue weighted by Gasteiger charge is 2.17. The van der Waals surface area contributed by atoms with Crippen LogP contribution in [-0.2, 0) is 20.0 Å². The number of nitrogens with two attached hydrogens (primary N) is 1. The van der Waals surface area contributed by atoms with Gasteiger partial charge >= 0.3 is 0 Å². The lowest BCUT2D eigenvalue weighted by atomic mass is 10.2. The molecule has 2 aromatic carbocycles. The van der Waals surface area contributed by atoms with Crippen molar-refractivity contribution in [3.63, 3.8) is 0 Å².